The second kappa shape index (κ2) is 4.76. The number of benzene rings is 1. The molecule has 0 unspecified atom stereocenters. The number of carbonyl (C=O) groups is 1. The van der Waals surface area contributed by atoms with Crippen LogP contribution in [0.3, 0.4) is 0 Å². The Bertz CT molecular complexity index is 342. The number of ether oxygens (including phenoxy) is 1. The Hall–Kier alpha value is -1.36. The summed E-state index contributed by atoms with van der Waals surface area (Å²) in [7, 11) is 1.53. The molecule has 0 atom stereocenters. The van der Waals surface area contributed by atoms with Gasteiger partial charge in [-0.3, -0.25) is 4.79 Å². The van der Waals surface area contributed by atoms with E-state index < -0.39 is 0 Å². The maximum atomic E-state index is 10.3. The first kappa shape index (κ1) is 10.7. The summed E-state index contributed by atoms with van der Waals surface area (Å²) in [6.45, 7) is 0. The molecule has 0 aliphatic rings. The molecule has 76 valence electrons. The zero-order valence-electron chi connectivity index (χ0n) is 8.03. The molecule has 5 heteroatoms. The van der Waals surface area contributed by atoms with Crippen LogP contribution >= 0.6 is 11.8 Å². The first-order valence-corrected chi connectivity index (χ1v) is 5.17. The average molecular weight is 212 g/mol. The number of hydrogen-bond acceptors (Lipinski definition) is 4. The van der Waals surface area contributed by atoms with Crippen molar-refractivity contribution in [2.24, 2.45) is 0 Å². The molecule has 14 heavy (non-hydrogen) atoms. The van der Waals surface area contributed by atoms with Crippen LogP contribution in [0.15, 0.2) is 17.0 Å². The van der Waals surface area contributed by atoms with Crippen LogP contribution in [0.1, 0.15) is 0 Å². The van der Waals surface area contributed by atoms with Crippen LogP contribution in [0.5, 0.6) is 5.75 Å². The molecule has 1 aromatic rings. The Morgan fingerprint density at radius 3 is 2.79 bits per heavy atom. The normalized spacial score (nSPS) is 9.57. The maximum Gasteiger partial charge on any atom is 0.211 e. The topological polar surface area (TPSA) is 64.3 Å². The number of thioether (sulfide) groups is 1. The fourth-order valence-corrected chi connectivity index (χ4v) is 1.63. The van der Waals surface area contributed by atoms with E-state index in [4.69, 9.17) is 10.5 Å². The van der Waals surface area contributed by atoms with E-state index in [1.807, 2.05) is 6.26 Å². The lowest BCUT2D eigenvalue weighted by Gasteiger charge is -2.10. The summed E-state index contributed by atoms with van der Waals surface area (Å²) in [6.07, 6.45) is 2.53. The van der Waals surface area contributed by atoms with E-state index >= 15 is 0 Å². The maximum absolute atomic E-state index is 10.3. The van der Waals surface area contributed by atoms with Crippen LogP contribution in [0.2, 0.25) is 0 Å². The molecule has 0 fully saturated rings. The van der Waals surface area contributed by atoms with Crippen LogP contribution in [-0.4, -0.2) is 19.8 Å². The van der Waals surface area contributed by atoms with Crippen LogP contribution in [0.25, 0.3) is 0 Å². The van der Waals surface area contributed by atoms with Crippen LogP contribution in [0, 0.1) is 0 Å². The summed E-state index contributed by atoms with van der Waals surface area (Å²) in [5.74, 6) is 0.562. The van der Waals surface area contributed by atoms with Crippen LogP contribution in [-0.2, 0) is 4.79 Å². The third-order valence-corrected chi connectivity index (χ3v) is 2.56. The number of hydrogen-bond donors (Lipinski definition) is 2. The smallest absolute Gasteiger partial charge is 0.211 e. The summed E-state index contributed by atoms with van der Waals surface area (Å²) < 4.78 is 5.07. The summed E-state index contributed by atoms with van der Waals surface area (Å²) in [5.41, 5.74) is 7.03. The van der Waals surface area contributed by atoms with E-state index in [-0.39, 0.29) is 0 Å². The van der Waals surface area contributed by atoms with E-state index in [0.29, 0.717) is 23.5 Å². The Kier molecular flexibility index (Phi) is 3.64. The highest BCUT2D eigenvalue weighted by Gasteiger charge is 2.07. The van der Waals surface area contributed by atoms with Gasteiger partial charge in [-0.1, -0.05) is 0 Å². The third-order valence-electron chi connectivity index (χ3n) is 1.77. The summed E-state index contributed by atoms with van der Waals surface area (Å²) in [5, 5.41) is 2.55. The van der Waals surface area contributed by atoms with Crippen molar-refractivity contribution in [3.05, 3.63) is 12.1 Å². The van der Waals surface area contributed by atoms with Crippen molar-refractivity contribution in [3.8, 4) is 5.75 Å². The number of anilines is 2. The SMILES string of the molecule is COc1cc(N)c(SC)cc1NC=O. The molecule has 4 nitrogen and oxygen atoms in total. The van der Waals surface area contributed by atoms with Gasteiger partial charge in [-0.15, -0.1) is 11.8 Å². The number of nitrogen functional groups attached to an aromatic ring is 1. The van der Waals surface area contributed by atoms with Crippen molar-refractivity contribution >= 4 is 29.5 Å². The number of nitrogens with one attached hydrogen (secondary N) is 1. The van der Waals surface area contributed by atoms with Gasteiger partial charge in [0.15, 0.2) is 0 Å². The third kappa shape index (κ3) is 2.11. The lowest BCUT2D eigenvalue weighted by molar-refractivity contribution is -0.105. The summed E-state index contributed by atoms with van der Waals surface area (Å²) in [4.78, 5) is 11.2. The quantitative estimate of drug-likeness (QED) is 0.451. The average Bonchev–Trinajstić information content (AvgIpc) is 2.20. The van der Waals surface area contributed by atoms with Crippen molar-refractivity contribution < 1.29 is 9.53 Å². The van der Waals surface area contributed by atoms with E-state index in [0.717, 1.165) is 4.90 Å². The molecule has 0 aliphatic carbocycles. The lowest BCUT2D eigenvalue weighted by atomic mass is 10.2. The van der Waals surface area contributed by atoms with Gasteiger partial charge in [0, 0.05) is 16.6 Å². The molecular formula is C9H12N2O2S. The molecule has 0 bridgehead atoms. The molecule has 3 N–H and O–H groups in total. The standard InChI is InChI=1S/C9H12N2O2S/c1-13-8-3-6(10)9(14-2)4-7(8)11-5-12/h3-5H,10H2,1-2H3,(H,11,12). The van der Waals surface area contributed by atoms with E-state index in [1.165, 1.54) is 18.9 Å². The van der Waals surface area contributed by atoms with E-state index in [1.54, 1.807) is 12.1 Å². The highest BCUT2D eigenvalue weighted by Crippen LogP contribution is 2.33. The summed E-state index contributed by atoms with van der Waals surface area (Å²) in [6, 6.07) is 3.48. The second-order valence-electron chi connectivity index (χ2n) is 2.56. The predicted molar refractivity (Wildman–Crippen MR) is 58.9 cm³/mol. The number of nitrogens with two attached hydrogens (primary N) is 1. The van der Waals surface area contributed by atoms with Crippen LogP contribution < -0.4 is 15.8 Å². The first-order valence-electron chi connectivity index (χ1n) is 3.94. The molecule has 1 aromatic carbocycles. The Labute approximate surface area is 86.8 Å². The van der Waals surface area contributed by atoms with E-state index in [2.05, 4.69) is 5.32 Å². The van der Waals surface area contributed by atoms with Gasteiger partial charge in [-0.05, 0) is 12.3 Å². The van der Waals surface area contributed by atoms with Gasteiger partial charge >= 0.3 is 0 Å². The molecule has 0 saturated heterocycles. The molecule has 0 aliphatic heterocycles. The summed E-state index contributed by atoms with van der Waals surface area (Å²) >= 11 is 1.52. The molecule has 1 amide bonds. The van der Waals surface area contributed by atoms with Crippen molar-refractivity contribution in [1.29, 1.82) is 0 Å². The first-order chi connectivity index (χ1) is 6.72. The molecule has 1 rings (SSSR count). The van der Waals surface area contributed by atoms with Gasteiger partial charge in [0.05, 0.1) is 12.8 Å². The zero-order valence-corrected chi connectivity index (χ0v) is 8.85. The number of amides is 1. The largest absolute Gasteiger partial charge is 0.494 e. The van der Waals surface area contributed by atoms with Gasteiger partial charge in [0.25, 0.3) is 0 Å². The van der Waals surface area contributed by atoms with Gasteiger partial charge in [-0.2, -0.15) is 0 Å². The van der Waals surface area contributed by atoms with Gasteiger partial charge in [-0.25, -0.2) is 0 Å². The molecule has 0 aromatic heterocycles. The van der Waals surface area contributed by atoms with Crippen molar-refractivity contribution in [1.82, 2.24) is 0 Å². The minimum Gasteiger partial charge on any atom is -0.494 e. The highest BCUT2D eigenvalue weighted by molar-refractivity contribution is 7.98. The molecule has 0 radical (unpaired) electrons. The Morgan fingerprint density at radius 2 is 2.29 bits per heavy atom. The van der Waals surface area contributed by atoms with Crippen molar-refractivity contribution in [2.75, 3.05) is 24.4 Å². The fourth-order valence-electron chi connectivity index (χ4n) is 1.10. The Balaban J connectivity index is 3.17. The minimum atomic E-state index is 0.562. The highest BCUT2D eigenvalue weighted by atomic mass is 32.2. The van der Waals surface area contributed by atoms with Crippen LogP contribution in [0.4, 0.5) is 11.4 Å². The Morgan fingerprint density at radius 1 is 1.57 bits per heavy atom. The number of carbonyl (C=O) groups excluding carboxylic acids is 1. The monoisotopic (exact) mass is 212 g/mol. The fraction of sp³-hybridized carbons (Fsp3) is 0.222. The van der Waals surface area contributed by atoms with Crippen molar-refractivity contribution in [2.45, 2.75) is 4.90 Å². The minimum absolute atomic E-state index is 0.562. The van der Waals surface area contributed by atoms with Gasteiger partial charge in [0.2, 0.25) is 6.41 Å². The molecule has 0 heterocycles. The lowest BCUT2D eigenvalue weighted by Crippen LogP contribution is -1.99. The second-order valence-corrected chi connectivity index (χ2v) is 3.40. The zero-order chi connectivity index (χ0) is 10.6. The van der Waals surface area contributed by atoms with Gasteiger partial charge in [0.1, 0.15) is 5.75 Å². The molecule has 0 spiro atoms. The molecule has 0 saturated carbocycles. The predicted octanol–water partition coefficient (Wildman–Crippen LogP) is 1.57. The number of rotatable bonds is 4. The van der Waals surface area contributed by atoms with Gasteiger partial charge < -0.3 is 15.8 Å². The van der Waals surface area contributed by atoms with Crippen molar-refractivity contribution in [3.63, 3.8) is 0 Å². The number of methoxy groups -OCH3 is 1. The van der Waals surface area contributed by atoms with E-state index in [9.17, 15) is 4.79 Å². The molecular weight excluding hydrogens is 200 g/mol.